The Kier molecular flexibility index (Phi) is 6.13. The number of nitrogens with zero attached hydrogens (tertiary/aromatic N) is 1. The molecule has 2 aliphatic rings. The summed E-state index contributed by atoms with van der Waals surface area (Å²) < 4.78 is 5.56. The Bertz CT molecular complexity index is 581. The molecule has 4 heteroatoms. The van der Waals surface area contributed by atoms with Gasteiger partial charge in [0.1, 0.15) is 0 Å². The van der Waals surface area contributed by atoms with E-state index in [1.807, 2.05) is 12.1 Å². The largest absolute Gasteiger partial charge is 0.381 e. The smallest absolute Gasteiger partial charge is 0.230 e. The second-order valence-corrected chi connectivity index (χ2v) is 7.65. The Hall–Kier alpha value is -1.39. The lowest BCUT2D eigenvalue weighted by atomic mass is 9.72. The summed E-state index contributed by atoms with van der Waals surface area (Å²) in [6, 6.07) is 8.95. The highest BCUT2D eigenvalue weighted by atomic mass is 16.5. The predicted molar refractivity (Wildman–Crippen MR) is 101 cm³/mol. The molecule has 3 rings (SSSR count). The second-order valence-electron chi connectivity index (χ2n) is 7.65. The van der Waals surface area contributed by atoms with E-state index in [1.165, 1.54) is 30.4 Å². The summed E-state index contributed by atoms with van der Waals surface area (Å²) in [7, 11) is 0. The third-order valence-corrected chi connectivity index (χ3v) is 6.07. The molecule has 0 bridgehead atoms. The number of hydrogen-bond donors (Lipinski definition) is 1. The maximum Gasteiger partial charge on any atom is 0.230 e. The zero-order valence-corrected chi connectivity index (χ0v) is 15.7. The van der Waals surface area contributed by atoms with Crippen LogP contribution in [0, 0.1) is 6.92 Å². The van der Waals surface area contributed by atoms with Crippen molar-refractivity contribution in [3.05, 3.63) is 35.4 Å². The SMILES string of the molecule is Cc1ccccc1C1(C(=O)NCCN2CCCC[C@@H]2C)CCOCC1. The number of ether oxygens (including phenoxy) is 1. The van der Waals surface area contributed by atoms with Crippen LogP contribution in [0.15, 0.2) is 24.3 Å². The van der Waals surface area contributed by atoms with Crippen LogP contribution in [-0.2, 0) is 14.9 Å². The number of piperidine rings is 1. The van der Waals surface area contributed by atoms with Gasteiger partial charge in [-0.3, -0.25) is 9.69 Å². The topological polar surface area (TPSA) is 41.6 Å². The lowest BCUT2D eigenvalue weighted by molar-refractivity contribution is -0.130. The van der Waals surface area contributed by atoms with Crippen LogP contribution in [0.3, 0.4) is 0 Å². The van der Waals surface area contributed by atoms with E-state index in [0.29, 0.717) is 19.3 Å². The Morgan fingerprint density at radius 1 is 1.28 bits per heavy atom. The molecule has 25 heavy (non-hydrogen) atoms. The van der Waals surface area contributed by atoms with Crippen LogP contribution in [0.1, 0.15) is 50.2 Å². The van der Waals surface area contributed by atoms with Crippen LogP contribution in [0.25, 0.3) is 0 Å². The van der Waals surface area contributed by atoms with Crippen LogP contribution in [0.2, 0.25) is 0 Å². The number of amides is 1. The Morgan fingerprint density at radius 3 is 2.76 bits per heavy atom. The minimum absolute atomic E-state index is 0.176. The zero-order valence-electron chi connectivity index (χ0n) is 15.7. The maximum absolute atomic E-state index is 13.2. The van der Waals surface area contributed by atoms with E-state index >= 15 is 0 Å². The van der Waals surface area contributed by atoms with Crippen molar-refractivity contribution in [2.24, 2.45) is 0 Å². The van der Waals surface area contributed by atoms with Gasteiger partial charge in [0.25, 0.3) is 0 Å². The van der Waals surface area contributed by atoms with E-state index in [0.717, 1.165) is 32.5 Å². The Morgan fingerprint density at radius 2 is 2.04 bits per heavy atom. The fourth-order valence-electron chi connectivity index (χ4n) is 4.42. The van der Waals surface area contributed by atoms with Crippen LogP contribution >= 0.6 is 0 Å². The van der Waals surface area contributed by atoms with Crippen molar-refractivity contribution in [2.45, 2.75) is 57.4 Å². The van der Waals surface area contributed by atoms with Gasteiger partial charge in [-0.05, 0) is 57.2 Å². The molecule has 2 aliphatic heterocycles. The molecule has 1 amide bonds. The van der Waals surface area contributed by atoms with E-state index in [2.05, 4.69) is 36.2 Å². The minimum atomic E-state index is -0.433. The fourth-order valence-corrected chi connectivity index (χ4v) is 4.42. The molecule has 0 aromatic heterocycles. The molecular weight excluding hydrogens is 312 g/mol. The first-order chi connectivity index (χ1) is 12.1. The average Bonchev–Trinajstić information content (AvgIpc) is 2.64. The van der Waals surface area contributed by atoms with Crippen molar-refractivity contribution in [1.82, 2.24) is 10.2 Å². The number of likely N-dealkylation sites (tertiary alicyclic amines) is 1. The summed E-state index contributed by atoms with van der Waals surface area (Å²) in [5.74, 6) is 0.176. The van der Waals surface area contributed by atoms with Crippen LogP contribution in [0.4, 0.5) is 0 Å². The molecule has 1 N–H and O–H groups in total. The number of benzene rings is 1. The molecule has 2 fully saturated rings. The molecule has 2 heterocycles. The van der Waals surface area contributed by atoms with Crippen molar-refractivity contribution in [1.29, 1.82) is 0 Å². The van der Waals surface area contributed by atoms with Gasteiger partial charge in [-0.2, -0.15) is 0 Å². The molecule has 0 aliphatic carbocycles. The quantitative estimate of drug-likeness (QED) is 0.893. The van der Waals surface area contributed by atoms with Crippen molar-refractivity contribution >= 4 is 5.91 Å². The molecule has 2 saturated heterocycles. The van der Waals surface area contributed by atoms with Gasteiger partial charge < -0.3 is 10.1 Å². The van der Waals surface area contributed by atoms with Crippen molar-refractivity contribution in [2.75, 3.05) is 32.8 Å². The lowest BCUT2D eigenvalue weighted by Crippen LogP contribution is -2.50. The summed E-state index contributed by atoms with van der Waals surface area (Å²) in [5.41, 5.74) is 1.93. The van der Waals surface area contributed by atoms with Crippen LogP contribution in [0.5, 0.6) is 0 Å². The lowest BCUT2D eigenvalue weighted by Gasteiger charge is -2.38. The van der Waals surface area contributed by atoms with Crippen LogP contribution in [-0.4, -0.2) is 49.7 Å². The van der Waals surface area contributed by atoms with Gasteiger partial charge in [0, 0.05) is 32.3 Å². The van der Waals surface area contributed by atoms with Crippen LogP contribution < -0.4 is 5.32 Å². The summed E-state index contributed by atoms with van der Waals surface area (Å²) in [6.07, 6.45) is 5.43. The molecule has 0 radical (unpaired) electrons. The predicted octanol–water partition coefficient (Wildman–Crippen LogP) is 3.03. The highest BCUT2D eigenvalue weighted by Gasteiger charge is 2.42. The fraction of sp³-hybridized carbons (Fsp3) is 0.667. The Balaban J connectivity index is 1.67. The van der Waals surface area contributed by atoms with E-state index in [1.54, 1.807) is 0 Å². The number of hydrogen-bond acceptors (Lipinski definition) is 3. The second kappa shape index (κ2) is 8.33. The first kappa shape index (κ1) is 18.4. The monoisotopic (exact) mass is 344 g/mol. The summed E-state index contributed by atoms with van der Waals surface area (Å²) in [4.78, 5) is 15.7. The summed E-state index contributed by atoms with van der Waals surface area (Å²) in [6.45, 7) is 8.57. The molecule has 1 atom stereocenters. The zero-order chi connectivity index (χ0) is 17.7. The first-order valence-corrected chi connectivity index (χ1v) is 9.80. The number of rotatable bonds is 5. The van der Waals surface area contributed by atoms with Gasteiger partial charge in [-0.1, -0.05) is 30.7 Å². The molecule has 0 saturated carbocycles. The van der Waals surface area contributed by atoms with Crippen molar-refractivity contribution in [3.63, 3.8) is 0 Å². The standard InChI is InChI=1S/C21H32N2O2/c1-17-7-3-4-9-19(17)21(10-15-25-16-11-21)20(24)22-12-14-23-13-6-5-8-18(23)2/h3-4,7,9,18H,5-6,8,10-16H2,1-2H3,(H,22,24)/t18-/m0/s1. The molecule has 1 aromatic rings. The highest BCUT2D eigenvalue weighted by molar-refractivity contribution is 5.88. The number of carbonyl (C=O) groups is 1. The third-order valence-electron chi connectivity index (χ3n) is 6.07. The minimum Gasteiger partial charge on any atom is -0.381 e. The number of carbonyl (C=O) groups excluding carboxylic acids is 1. The van der Waals surface area contributed by atoms with E-state index in [-0.39, 0.29) is 5.91 Å². The molecule has 0 spiro atoms. The third kappa shape index (κ3) is 4.06. The summed E-state index contributed by atoms with van der Waals surface area (Å²) in [5, 5.41) is 3.25. The van der Waals surface area contributed by atoms with Gasteiger partial charge in [0.15, 0.2) is 0 Å². The van der Waals surface area contributed by atoms with Gasteiger partial charge in [-0.25, -0.2) is 0 Å². The molecular formula is C21H32N2O2. The van der Waals surface area contributed by atoms with Crippen molar-refractivity contribution in [3.8, 4) is 0 Å². The van der Waals surface area contributed by atoms with Gasteiger partial charge in [0.05, 0.1) is 5.41 Å². The highest BCUT2D eigenvalue weighted by Crippen LogP contribution is 2.36. The van der Waals surface area contributed by atoms with Gasteiger partial charge in [0.2, 0.25) is 5.91 Å². The molecule has 138 valence electrons. The molecule has 4 nitrogen and oxygen atoms in total. The van der Waals surface area contributed by atoms with Gasteiger partial charge in [-0.15, -0.1) is 0 Å². The molecule has 0 unspecified atom stereocenters. The van der Waals surface area contributed by atoms with E-state index in [9.17, 15) is 4.79 Å². The van der Waals surface area contributed by atoms with E-state index in [4.69, 9.17) is 4.74 Å². The van der Waals surface area contributed by atoms with E-state index < -0.39 is 5.41 Å². The normalized spacial score (nSPS) is 24.0. The Labute approximate surface area is 151 Å². The molecule has 1 aromatic carbocycles. The number of nitrogens with one attached hydrogen (secondary N) is 1. The van der Waals surface area contributed by atoms with Crippen molar-refractivity contribution < 1.29 is 9.53 Å². The maximum atomic E-state index is 13.2. The first-order valence-electron chi connectivity index (χ1n) is 9.80. The van der Waals surface area contributed by atoms with Gasteiger partial charge >= 0.3 is 0 Å². The summed E-state index contributed by atoms with van der Waals surface area (Å²) >= 11 is 0. The average molecular weight is 344 g/mol. The number of aryl methyl sites for hydroxylation is 1.